The second-order valence-electron chi connectivity index (χ2n) is 6.94. The predicted octanol–water partition coefficient (Wildman–Crippen LogP) is 3.96. The number of methoxy groups -OCH3 is 2. The van der Waals surface area contributed by atoms with E-state index in [1.54, 1.807) is 56.7 Å². The third-order valence-corrected chi connectivity index (χ3v) is 4.77. The smallest absolute Gasteiger partial charge is 0.277 e. The normalized spacial score (nSPS) is 12.9. The summed E-state index contributed by atoms with van der Waals surface area (Å²) in [6.07, 6.45) is 1.89. The van der Waals surface area contributed by atoms with Gasteiger partial charge >= 0.3 is 0 Å². The Kier molecular flexibility index (Phi) is 5.38. The summed E-state index contributed by atoms with van der Waals surface area (Å²) in [4.78, 5) is 24.3. The summed E-state index contributed by atoms with van der Waals surface area (Å²) in [5, 5.41) is 9.48. The Hall–Kier alpha value is -3.81. The minimum absolute atomic E-state index is 0.0369. The van der Waals surface area contributed by atoms with Gasteiger partial charge in [0.25, 0.3) is 5.91 Å². The summed E-state index contributed by atoms with van der Waals surface area (Å²) in [5.74, 6) is 1.34. The van der Waals surface area contributed by atoms with Crippen molar-refractivity contribution in [2.45, 2.75) is 12.8 Å². The van der Waals surface area contributed by atoms with E-state index in [9.17, 15) is 9.59 Å². The number of amides is 2. The molecule has 1 aliphatic rings. The third-order valence-electron chi connectivity index (χ3n) is 4.77. The largest absolute Gasteiger partial charge is 0.497 e. The van der Waals surface area contributed by atoms with Crippen LogP contribution in [0.15, 0.2) is 53.1 Å². The Morgan fingerprint density at radius 3 is 2.30 bits per heavy atom. The van der Waals surface area contributed by atoms with E-state index in [1.165, 1.54) is 6.07 Å². The minimum atomic E-state index is -0.415. The molecule has 0 spiro atoms. The van der Waals surface area contributed by atoms with E-state index in [0.717, 1.165) is 12.8 Å². The van der Waals surface area contributed by atoms with Crippen LogP contribution in [0, 0.1) is 5.92 Å². The Bertz CT molecular complexity index is 1070. The van der Waals surface area contributed by atoms with Crippen LogP contribution in [-0.4, -0.2) is 31.2 Å². The van der Waals surface area contributed by atoms with Crippen molar-refractivity contribution < 1.29 is 23.6 Å². The molecule has 0 saturated heterocycles. The maximum atomic E-state index is 12.5. The number of anilines is 2. The number of nitrogens with zero attached hydrogens (tertiary/aromatic N) is 1. The van der Waals surface area contributed by atoms with Gasteiger partial charge in [0.1, 0.15) is 11.5 Å². The first-order chi connectivity index (χ1) is 14.6. The van der Waals surface area contributed by atoms with Crippen LogP contribution in [0.25, 0.3) is 11.3 Å². The van der Waals surface area contributed by atoms with E-state index < -0.39 is 5.91 Å². The predicted molar refractivity (Wildman–Crippen MR) is 111 cm³/mol. The zero-order valence-corrected chi connectivity index (χ0v) is 16.6. The Morgan fingerprint density at radius 2 is 1.67 bits per heavy atom. The molecule has 1 aliphatic carbocycles. The van der Waals surface area contributed by atoms with Crippen LogP contribution in [0.4, 0.5) is 11.4 Å². The van der Waals surface area contributed by atoms with E-state index in [1.807, 2.05) is 0 Å². The number of nitrogens with one attached hydrogen (secondary N) is 2. The molecule has 1 saturated carbocycles. The van der Waals surface area contributed by atoms with Gasteiger partial charge in [-0.3, -0.25) is 9.59 Å². The van der Waals surface area contributed by atoms with E-state index in [4.69, 9.17) is 14.0 Å². The Labute approximate surface area is 173 Å². The quantitative estimate of drug-likeness (QED) is 0.615. The van der Waals surface area contributed by atoms with Crippen LogP contribution < -0.4 is 20.1 Å². The number of ether oxygens (including phenoxy) is 2. The van der Waals surface area contributed by atoms with Crippen molar-refractivity contribution >= 4 is 23.2 Å². The van der Waals surface area contributed by atoms with Crippen molar-refractivity contribution in [3.8, 4) is 22.8 Å². The highest BCUT2D eigenvalue weighted by Crippen LogP contribution is 2.34. The van der Waals surface area contributed by atoms with Crippen molar-refractivity contribution in [2.75, 3.05) is 24.9 Å². The van der Waals surface area contributed by atoms with E-state index in [0.29, 0.717) is 34.2 Å². The summed E-state index contributed by atoms with van der Waals surface area (Å²) < 4.78 is 15.9. The Balaban J connectivity index is 1.45. The van der Waals surface area contributed by atoms with Gasteiger partial charge < -0.3 is 24.6 Å². The Morgan fingerprint density at radius 1 is 0.967 bits per heavy atom. The van der Waals surface area contributed by atoms with Crippen LogP contribution in [0.5, 0.6) is 11.5 Å². The van der Waals surface area contributed by atoms with Gasteiger partial charge in [-0.05, 0) is 55.3 Å². The summed E-state index contributed by atoms with van der Waals surface area (Å²) >= 11 is 0. The number of hydrogen-bond acceptors (Lipinski definition) is 6. The molecular formula is C22H21N3O5. The van der Waals surface area contributed by atoms with Crippen LogP contribution in [0.3, 0.4) is 0 Å². The summed E-state index contributed by atoms with van der Waals surface area (Å²) in [6.45, 7) is 0. The molecule has 0 radical (unpaired) electrons. The molecule has 0 bridgehead atoms. The molecule has 0 atom stereocenters. The molecule has 30 heavy (non-hydrogen) atoms. The molecule has 1 heterocycles. The molecule has 2 N–H and O–H groups in total. The van der Waals surface area contributed by atoms with E-state index >= 15 is 0 Å². The monoisotopic (exact) mass is 407 g/mol. The zero-order valence-electron chi connectivity index (χ0n) is 16.6. The fourth-order valence-electron chi connectivity index (χ4n) is 2.94. The topological polar surface area (TPSA) is 103 Å². The van der Waals surface area contributed by atoms with Crippen molar-refractivity contribution in [3.63, 3.8) is 0 Å². The lowest BCUT2D eigenvalue weighted by molar-refractivity contribution is -0.117. The van der Waals surface area contributed by atoms with Crippen LogP contribution >= 0.6 is 0 Å². The van der Waals surface area contributed by atoms with Crippen molar-refractivity contribution in [1.82, 2.24) is 5.16 Å². The first kappa shape index (κ1) is 19.5. The van der Waals surface area contributed by atoms with Crippen LogP contribution in [-0.2, 0) is 4.79 Å². The standard InChI is InChI=1S/C22H21N3O5/c1-28-16-9-10-19(29-2)17(11-16)20-12-18(25-30-20)22(27)24-15-7-5-14(6-8-15)23-21(26)13-3-4-13/h5-13H,3-4H2,1-2H3,(H,23,26)(H,24,27). The summed E-state index contributed by atoms with van der Waals surface area (Å²) in [7, 11) is 3.11. The number of aromatic nitrogens is 1. The van der Waals surface area contributed by atoms with Crippen molar-refractivity contribution in [2.24, 2.45) is 5.92 Å². The molecule has 8 nitrogen and oxygen atoms in total. The third kappa shape index (κ3) is 4.27. The van der Waals surface area contributed by atoms with Crippen LogP contribution in [0.1, 0.15) is 23.3 Å². The summed E-state index contributed by atoms with van der Waals surface area (Å²) in [5.41, 5.74) is 2.02. The van der Waals surface area contributed by atoms with Gasteiger partial charge in [-0.2, -0.15) is 0 Å². The molecule has 1 fully saturated rings. The van der Waals surface area contributed by atoms with Crippen molar-refractivity contribution in [1.29, 1.82) is 0 Å². The number of carbonyl (C=O) groups excluding carboxylic acids is 2. The molecule has 8 heteroatoms. The van der Waals surface area contributed by atoms with Gasteiger partial charge in [0, 0.05) is 23.4 Å². The molecule has 154 valence electrons. The highest BCUT2D eigenvalue weighted by atomic mass is 16.5. The molecular weight excluding hydrogens is 386 g/mol. The van der Waals surface area contributed by atoms with Crippen LogP contribution in [0.2, 0.25) is 0 Å². The molecule has 0 aliphatic heterocycles. The average Bonchev–Trinajstić information content (AvgIpc) is 3.51. The average molecular weight is 407 g/mol. The van der Waals surface area contributed by atoms with Gasteiger partial charge in [-0.1, -0.05) is 5.16 Å². The van der Waals surface area contributed by atoms with E-state index in [-0.39, 0.29) is 17.5 Å². The maximum Gasteiger partial charge on any atom is 0.277 e. The molecule has 3 aromatic rings. The summed E-state index contributed by atoms with van der Waals surface area (Å²) in [6, 6.07) is 13.7. The minimum Gasteiger partial charge on any atom is -0.497 e. The zero-order chi connectivity index (χ0) is 21.1. The number of hydrogen-bond donors (Lipinski definition) is 2. The molecule has 4 rings (SSSR count). The number of carbonyl (C=O) groups is 2. The SMILES string of the molecule is COc1ccc(OC)c(-c2cc(C(=O)Nc3ccc(NC(=O)C4CC4)cc3)no2)c1. The molecule has 2 amide bonds. The lowest BCUT2D eigenvalue weighted by Gasteiger charge is -2.07. The fourth-order valence-corrected chi connectivity index (χ4v) is 2.94. The van der Waals surface area contributed by atoms with Gasteiger partial charge in [-0.25, -0.2) is 0 Å². The maximum absolute atomic E-state index is 12.5. The van der Waals surface area contributed by atoms with Gasteiger partial charge in [0.2, 0.25) is 5.91 Å². The lowest BCUT2D eigenvalue weighted by atomic mass is 10.1. The van der Waals surface area contributed by atoms with E-state index in [2.05, 4.69) is 15.8 Å². The second kappa shape index (κ2) is 8.28. The van der Waals surface area contributed by atoms with Crippen molar-refractivity contribution in [3.05, 3.63) is 54.2 Å². The molecule has 1 aromatic heterocycles. The van der Waals surface area contributed by atoms with Gasteiger partial charge in [-0.15, -0.1) is 0 Å². The highest BCUT2D eigenvalue weighted by molar-refractivity contribution is 6.03. The highest BCUT2D eigenvalue weighted by Gasteiger charge is 2.29. The number of benzene rings is 2. The number of rotatable bonds is 7. The molecule has 0 unspecified atom stereocenters. The molecule has 2 aromatic carbocycles. The van der Waals surface area contributed by atoms with Gasteiger partial charge in [0.15, 0.2) is 11.5 Å². The first-order valence-electron chi connectivity index (χ1n) is 9.49. The van der Waals surface area contributed by atoms with Gasteiger partial charge in [0.05, 0.1) is 19.8 Å². The second-order valence-corrected chi connectivity index (χ2v) is 6.94. The fraction of sp³-hybridized carbons (Fsp3) is 0.227. The lowest BCUT2D eigenvalue weighted by Crippen LogP contribution is -2.14. The first-order valence-corrected chi connectivity index (χ1v) is 9.49.